The highest BCUT2D eigenvalue weighted by Gasteiger charge is 2.35. The van der Waals surface area contributed by atoms with Crippen LogP contribution in [0, 0.1) is 27.7 Å². The zero-order chi connectivity index (χ0) is 26.2. The molecule has 0 bridgehead atoms. The first kappa shape index (κ1) is 25.7. The highest BCUT2D eigenvalue weighted by Crippen LogP contribution is 2.44. The van der Waals surface area contributed by atoms with E-state index in [-0.39, 0.29) is 17.9 Å². The minimum atomic E-state index is -0.441. The molecule has 0 aliphatic carbocycles. The van der Waals surface area contributed by atoms with Gasteiger partial charge in [-0.2, -0.15) is 0 Å². The van der Waals surface area contributed by atoms with E-state index in [2.05, 4.69) is 44.2 Å². The number of carbonyl (C=O) groups is 2. The molecule has 0 saturated heterocycles. The second-order valence-electron chi connectivity index (χ2n) is 10.4. The van der Waals surface area contributed by atoms with Crippen molar-refractivity contribution in [3.05, 3.63) is 69.8 Å². The van der Waals surface area contributed by atoms with Gasteiger partial charge in [-0.05, 0) is 87.4 Å². The first-order chi connectivity index (χ1) is 17.0. The number of aryl methyl sites for hydroxylation is 1. The van der Waals surface area contributed by atoms with E-state index in [0.717, 1.165) is 51.8 Å². The molecule has 5 heteroatoms. The zero-order valence-corrected chi connectivity index (χ0v) is 22.4. The molecule has 1 aliphatic rings. The van der Waals surface area contributed by atoms with E-state index in [9.17, 15) is 9.59 Å². The molecule has 190 valence electrons. The number of esters is 2. The van der Waals surface area contributed by atoms with Crippen LogP contribution in [0.2, 0.25) is 0 Å². The van der Waals surface area contributed by atoms with Crippen LogP contribution in [0.4, 0.5) is 0 Å². The SMILES string of the molecule is CC(=O)Oc1c(C)c(C)c2c(c1C)CC[C@](C)(CCOC(=O)[C@@H](C)c1ccc3cc(C)ccc3c1)O2. The number of hydrogen-bond donors (Lipinski definition) is 0. The number of hydrogen-bond acceptors (Lipinski definition) is 5. The molecule has 3 aromatic rings. The molecule has 4 rings (SSSR count). The summed E-state index contributed by atoms with van der Waals surface area (Å²) in [4.78, 5) is 24.4. The van der Waals surface area contributed by atoms with Gasteiger partial charge in [-0.15, -0.1) is 0 Å². The number of rotatable bonds is 6. The van der Waals surface area contributed by atoms with Crippen LogP contribution in [0.15, 0.2) is 36.4 Å². The van der Waals surface area contributed by atoms with Gasteiger partial charge in [0.05, 0.1) is 12.5 Å². The summed E-state index contributed by atoms with van der Waals surface area (Å²) in [6, 6.07) is 12.5. The van der Waals surface area contributed by atoms with E-state index in [1.54, 1.807) is 0 Å². The topological polar surface area (TPSA) is 61.8 Å². The molecule has 0 fully saturated rings. The average molecular weight is 489 g/mol. The molecular weight excluding hydrogens is 452 g/mol. The third-order valence-corrected chi connectivity index (χ3v) is 7.56. The van der Waals surface area contributed by atoms with Crippen LogP contribution in [-0.2, 0) is 20.7 Å². The molecule has 0 aromatic heterocycles. The fraction of sp³-hybridized carbons (Fsp3) is 0.419. The molecule has 1 aliphatic heterocycles. The van der Waals surface area contributed by atoms with Gasteiger partial charge in [-0.25, -0.2) is 0 Å². The lowest BCUT2D eigenvalue weighted by molar-refractivity contribution is -0.146. The van der Waals surface area contributed by atoms with Crippen molar-refractivity contribution in [2.45, 2.75) is 79.2 Å². The van der Waals surface area contributed by atoms with Crippen LogP contribution >= 0.6 is 0 Å². The highest BCUT2D eigenvalue weighted by atomic mass is 16.5. The van der Waals surface area contributed by atoms with Gasteiger partial charge in [-0.1, -0.05) is 42.0 Å². The monoisotopic (exact) mass is 488 g/mol. The van der Waals surface area contributed by atoms with Crippen molar-refractivity contribution in [2.24, 2.45) is 0 Å². The van der Waals surface area contributed by atoms with Crippen LogP contribution in [0.5, 0.6) is 11.5 Å². The van der Waals surface area contributed by atoms with Crippen molar-refractivity contribution in [3.63, 3.8) is 0 Å². The molecule has 0 amide bonds. The van der Waals surface area contributed by atoms with Crippen LogP contribution in [0.1, 0.15) is 72.9 Å². The fourth-order valence-corrected chi connectivity index (χ4v) is 5.04. The highest BCUT2D eigenvalue weighted by molar-refractivity contribution is 5.86. The maximum Gasteiger partial charge on any atom is 0.313 e. The van der Waals surface area contributed by atoms with Gasteiger partial charge in [0.15, 0.2) is 0 Å². The Morgan fingerprint density at radius 3 is 2.42 bits per heavy atom. The third kappa shape index (κ3) is 5.11. The minimum Gasteiger partial charge on any atom is -0.487 e. The normalized spacial score (nSPS) is 17.8. The number of benzene rings is 3. The summed E-state index contributed by atoms with van der Waals surface area (Å²) in [6.07, 6.45) is 2.21. The maximum atomic E-state index is 12.8. The van der Waals surface area contributed by atoms with E-state index >= 15 is 0 Å². The van der Waals surface area contributed by atoms with Gasteiger partial charge in [0.25, 0.3) is 0 Å². The van der Waals surface area contributed by atoms with Gasteiger partial charge >= 0.3 is 11.9 Å². The maximum absolute atomic E-state index is 12.8. The molecule has 0 radical (unpaired) electrons. The summed E-state index contributed by atoms with van der Waals surface area (Å²) in [5.74, 6) is 0.606. The van der Waals surface area contributed by atoms with Crippen molar-refractivity contribution in [2.75, 3.05) is 6.61 Å². The minimum absolute atomic E-state index is 0.227. The van der Waals surface area contributed by atoms with Crippen LogP contribution in [0.25, 0.3) is 10.8 Å². The summed E-state index contributed by atoms with van der Waals surface area (Å²) in [5, 5.41) is 2.29. The number of fused-ring (bicyclic) bond motifs is 2. The van der Waals surface area contributed by atoms with Gasteiger partial charge in [0.2, 0.25) is 0 Å². The largest absolute Gasteiger partial charge is 0.487 e. The summed E-state index contributed by atoms with van der Waals surface area (Å²) in [5.41, 5.74) is 5.67. The van der Waals surface area contributed by atoms with E-state index in [1.807, 2.05) is 33.8 Å². The molecule has 2 atom stereocenters. The second-order valence-corrected chi connectivity index (χ2v) is 10.4. The van der Waals surface area contributed by atoms with Gasteiger partial charge in [0, 0.05) is 18.9 Å². The number of ether oxygens (including phenoxy) is 3. The van der Waals surface area contributed by atoms with E-state index in [1.165, 1.54) is 17.9 Å². The quantitative estimate of drug-likeness (QED) is 0.281. The Bertz CT molecular complexity index is 1340. The smallest absolute Gasteiger partial charge is 0.313 e. The first-order valence-electron chi connectivity index (χ1n) is 12.7. The summed E-state index contributed by atoms with van der Waals surface area (Å²) in [7, 11) is 0. The summed E-state index contributed by atoms with van der Waals surface area (Å²) >= 11 is 0. The average Bonchev–Trinajstić information content (AvgIpc) is 2.84. The Kier molecular flexibility index (Phi) is 7.12. The van der Waals surface area contributed by atoms with Gasteiger partial charge in [0.1, 0.15) is 17.1 Å². The van der Waals surface area contributed by atoms with Crippen LogP contribution in [-0.4, -0.2) is 24.1 Å². The van der Waals surface area contributed by atoms with Crippen molar-refractivity contribution >= 4 is 22.7 Å². The van der Waals surface area contributed by atoms with E-state index in [4.69, 9.17) is 14.2 Å². The Balaban J connectivity index is 1.41. The van der Waals surface area contributed by atoms with Crippen LogP contribution < -0.4 is 9.47 Å². The van der Waals surface area contributed by atoms with E-state index < -0.39 is 5.60 Å². The van der Waals surface area contributed by atoms with Crippen molar-refractivity contribution in [3.8, 4) is 11.5 Å². The second kappa shape index (κ2) is 9.96. The lowest BCUT2D eigenvalue weighted by atomic mass is 9.85. The Hall–Kier alpha value is -3.34. The van der Waals surface area contributed by atoms with Gasteiger partial charge in [-0.3, -0.25) is 9.59 Å². The van der Waals surface area contributed by atoms with Crippen molar-refractivity contribution in [1.82, 2.24) is 0 Å². The molecule has 3 aromatic carbocycles. The molecule has 5 nitrogen and oxygen atoms in total. The Labute approximate surface area is 213 Å². The lowest BCUT2D eigenvalue weighted by Gasteiger charge is -2.38. The number of carbonyl (C=O) groups excluding carboxylic acids is 2. The molecule has 0 spiro atoms. The lowest BCUT2D eigenvalue weighted by Crippen LogP contribution is -2.38. The predicted octanol–water partition coefficient (Wildman–Crippen LogP) is 6.82. The van der Waals surface area contributed by atoms with Gasteiger partial charge < -0.3 is 14.2 Å². The standard InChI is InChI=1S/C31H36O5/c1-18-8-9-26-17-24(10-11-25(26)16-18)21(4)30(33)34-15-14-31(7)13-12-27-22(5)28(35-23(6)32)19(2)20(3)29(27)36-31/h8-11,16-17,21H,12-15H2,1-7H3/t21-,31+/m0/s1. The zero-order valence-electron chi connectivity index (χ0n) is 22.4. The molecular formula is C31H36O5. The van der Waals surface area contributed by atoms with Crippen molar-refractivity contribution in [1.29, 1.82) is 0 Å². The molecule has 36 heavy (non-hydrogen) atoms. The molecule has 0 N–H and O–H groups in total. The summed E-state index contributed by atoms with van der Waals surface area (Å²) in [6.45, 7) is 13.7. The first-order valence-corrected chi connectivity index (χ1v) is 12.7. The molecule has 1 heterocycles. The predicted molar refractivity (Wildman–Crippen MR) is 142 cm³/mol. The third-order valence-electron chi connectivity index (χ3n) is 7.56. The van der Waals surface area contributed by atoms with Crippen molar-refractivity contribution < 1.29 is 23.8 Å². The Morgan fingerprint density at radius 1 is 1.00 bits per heavy atom. The Morgan fingerprint density at radius 2 is 1.69 bits per heavy atom. The molecule has 0 unspecified atom stereocenters. The summed E-state index contributed by atoms with van der Waals surface area (Å²) < 4.78 is 17.7. The van der Waals surface area contributed by atoms with E-state index in [0.29, 0.717) is 18.8 Å². The molecule has 0 saturated carbocycles. The van der Waals surface area contributed by atoms with Crippen LogP contribution in [0.3, 0.4) is 0 Å². The fourth-order valence-electron chi connectivity index (χ4n) is 5.04.